The van der Waals surface area contributed by atoms with Crippen LogP contribution in [0, 0.1) is 13.8 Å². The molecule has 1 aliphatic heterocycles. The number of ether oxygens (including phenoxy) is 1. The number of carbonyl (C=O) groups is 2. The third-order valence-electron chi connectivity index (χ3n) is 5.13. The van der Waals surface area contributed by atoms with Crippen LogP contribution in [0.15, 0.2) is 53.8 Å². The number of methoxy groups -OCH3 is 1. The molecule has 3 rings (SSSR count). The summed E-state index contributed by atoms with van der Waals surface area (Å²) in [5.74, 6) is -0.810. The Labute approximate surface area is 185 Å². The molecule has 0 N–H and O–H groups in total. The van der Waals surface area contributed by atoms with Gasteiger partial charge in [-0.15, -0.1) is 6.58 Å². The van der Waals surface area contributed by atoms with Crippen LogP contribution in [0.1, 0.15) is 23.9 Å². The molecule has 2 heterocycles. The lowest BCUT2D eigenvalue weighted by Crippen LogP contribution is -2.25. The maximum absolute atomic E-state index is 13.0. The molecular formula is C23H22Cl2N2O3. The monoisotopic (exact) mass is 444 g/mol. The molecule has 1 aliphatic rings. The fraction of sp³-hybridized carbons (Fsp3) is 0.217. The third kappa shape index (κ3) is 3.71. The van der Waals surface area contributed by atoms with E-state index in [-0.39, 0.29) is 11.5 Å². The third-order valence-corrected chi connectivity index (χ3v) is 5.67. The summed E-state index contributed by atoms with van der Waals surface area (Å²) >= 11 is 12.4. The van der Waals surface area contributed by atoms with Crippen LogP contribution in [-0.4, -0.2) is 35.0 Å². The van der Waals surface area contributed by atoms with Crippen LogP contribution in [0.3, 0.4) is 0 Å². The van der Waals surface area contributed by atoms with Crippen molar-refractivity contribution in [2.45, 2.75) is 20.8 Å². The minimum absolute atomic E-state index is 0.262. The molecule has 0 aliphatic carbocycles. The van der Waals surface area contributed by atoms with Gasteiger partial charge in [0.05, 0.1) is 29.0 Å². The molecule has 1 aromatic carbocycles. The van der Waals surface area contributed by atoms with E-state index < -0.39 is 5.97 Å². The lowest BCUT2D eigenvalue weighted by molar-refractivity contribution is -0.136. The van der Waals surface area contributed by atoms with Crippen LogP contribution in [0.2, 0.25) is 10.0 Å². The summed E-state index contributed by atoms with van der Waals surface area (Å²) in [5, 5.41) is 1.07. The number of hydrogen-bond donors (Lipinski definition) is 0. The van der Waals surface area contributed by atoms with Gasteiger partial charge in [0, 0.05) is 28.7 Å². The van der Waals surface area contributed by atoms with E-state index in [1.54, 1.807) is 31.2 Å². The van der Waals surface area contributed by atoms with E-state index in [1.807, 2.05) is 30.5 Å². The smallest absolute Gasteiger partial charge is 0.340 e. The van der Waals surface area contributed by atoms with E-state index in [1.165, 1.54) is 12.0 Å². The van der Waals surface area contributed by atoms with Gasteiger partial charge in [-0.25, -0.2) is 4.79 Å². The highest BCUT2D eigenvalue weighted by Gasteiger charge is 2.36. The second-order valence-electron chi connectivity index (χ2n) is 6.97. The Kier molecular flexibility index (Phi) is 6.25. The first-order chi connectivity index (χ1) is 14.2. The van der Waals surface area contributed by atoms with Crippen molar-refractivity contribution in [3.05, 3.63) is 80.8 Å². The molecule has 0 fully saturated rings. The number of benzene rings is 1. The zero-order chi connectivity index (χ0) is 22.2. The molecule has 0 atom stereocenters. The molecule has 0 saturated carbocycles. The quantitative estimate of drug-likeness (QED) is 0.359. The van der Waals surface area contributed by atoms with Gasteiger partial charge in [-0.3, -0.25) is 4.79 Å². The maximum Gasteiger partial charge on any atom is 0.340 e. The Balaban J connectivity index is 2.16. The predicted octanol–water partition coefficient (Wildman–Crippen LogP) is 5.26. The fourth-order valence-corrected chi connectivity index (χ4v) is 4.19. The first kappa shape index (κ1) is 21.9. The normalized spacial score (nSPS) is 15.3. The number of aryl methyl sites for hydroxylation is 1. The van der Waals surface area contributed by atoms with Gasteiger partial charge in [0.25, 0.3) is 5.91 Å². The van der Waals surface area contributed by atoms with Crippen LogP contribution in [0.25, 0.3) is 11.8 Å². The standard InChI is InChI=1S/C23H22Cl2N2O3/c1-6-9-26-15(4)21(23(29)30-5)18(22(26)28)11-16-10-13(2)27(14(16)3)20-8-7-17(24)12-19(20)25/h6-8,10-12H,1,9H2,2-5H3/b18-11-. The van der Waals surface area contributed by atoms with Crippen LogP contribution in [0.5, 0.6) is 0 Å². The highest BCUT2D eigenvalue weighted by Crippen LogP contribution is 2.34. The second-order valence-corrected chi connectivity index (χ2v) is 7.82. The van der Waals surface area contributed by atoms with Gasteiger partial charge < -0.3 is 14.2 Å². The molecule has 30 heavy (non-hydrogen) atoms. The van der Waals surface area contributed by atoms with E-state index >= 15 is 0 Å². The molecule has 5 nitrogen and oxygen atoms in total. The molecule has 2 aromatic rings. The van der Waals surface area contributed by atoms with Crippen molar-refractivity contribution in [2.24, 2.45) is 0 Å². The van der Waals surface area contributed by atoms with E-state index in [0.29, 0.717) is 27.9 Å². The molecule has 1 aromatic heterocycles. The summed E-state index contributed by atoms with van der Waals surface area (Å²) < 4.78 is 6.91. The summed E-state index contributed by atoms with van der Waals surface area (Å²) in [4.78, 5) is 27.0. The van der Waals surface area contributed by atoms with Gasteiger partial charge in [-0.05, 0) is 56.7 Å². The minimum atomic E-state index is -0.548. The Hall–Kier alpha value is -2.76. The van der Waals surface area contributed by atoms with Gasteiger partial charge in [-0.1, -0.05) is 29.3 Å². The highest BCUT2D eigenvalue weighted by molar-refractivity contribution is 6.35. The Morgan fingerprint density at radius 3 is 2.50 bits per heavy atom. The number of halogens is 2. The lowest BCUT2D eigenvalue weighted by Gasteiger charge is -2.14. The zero-order valence-corrected chi connectivity index (χ0v) is 18.8. The molecule has 7 heteroatoms. The van der Waals surface area contributed by atoms with E-state index in [0.717, 1.165) is 22.6 Å². The van der Waals surface area contributed by atoms with E-state index in [9.17, 15) is 9.59 Å². The van der Waals surface area contributed by atoms with Crippen LogP contribution >= 0.6 is 23.2 Å². The summed E-state index contributed by atoms with van der Waals surface area (Å²) in [5.41, 5.74) is 4.50. The molecule has 1 amide bonds. The number of carbonyl (C=O) groups excluding carboxylic acids is 2. The Bertz CT molecular complexity index is 1130. The van der Waals surface area contributed by atoms with Gasteiger partial charge in [0.15, 0.2) is 0 Å². The summed E-state index contributed by atoms with van der Waals surface area (Å²) in [6.45, 7) is 9.60. The van der Waals surface area contributed by atoms with Crippen molar-refractivity contribution in [1.29, 1.82) is 0 Å². The zero-order valence-electron chi connectivity index (χ0n) is 17.3. The molecule has 0 bridgehead atoms. The van der Waals surface area contributed by atoms with Crippen molar-refractivity contribution in [1.82, 2.24) is 9.47 Å². The first-order valence-corrected chi connectivity index (χ1v) is 10.0. The Morgan fingerprint density at radius 2 is 1.90 bits per heavy atom. The van der Waals surface area contributed by atoms with Gasteiger partial charge >= 0.3 is 5.97 Å². The maximum atomic E-state index is 13.0. The predicted molar refractivity (Wildman–Crippen MR) is 120 cm³/mol. The summed E-state index contributed by atoms with van der Waals surface area (Å²) in [6.07, 6.45) is 3.34. The molecule has 0 saturated heterocycles. The SMILES string of the molecule is C=CCN1C(=O)/C(=C\c2cc(C)n(-c3ccc(Cl)cc3Cl)c2C)C(C(=O)OC)=C1C. The number of amides is 1. The molecular weight excluding hydrogens is 423 g/mol. The van der Waals surface area contributed by atoms with Crippen LogP contribution in [0.4, 0.5) is 0 Å². The van der Waals surface area contributed by atoms with E-state index in [2.05, 4.69) is 6.58 Å². The topological polar surface area (TPSA) is 51.5 Å². The van der Waals surface area contributed by atoms with Crippen molar-refractivity contribution in [3.63, 3.8) is 0 Å². The minimum Gasteiger partial charge on any atom is -0.465 e. The van der Waals surface area contributed by atoms with Crippen molar-refractivity contribution in [3.8, 4) is 5.69 Å². The van der Waals surface area contributed by atoms with Crippen molar-refractivity contribution >= 4 is 41.2 Å². The van der Waals surface area contributed by atoms with Crippen LogP contribution in [-0.2, 0) is 14.3 Å². The van der Waals surface area contributed by atoms with Gasteiger partial charge in [-0.2, -0.15) is 0 Å². The average molecular weight is 445 g/mol. The number of nitrogens with zero attached hydrogens (tertiary/aromatic N) is 2. The highest BCUT2D eigenvalue weighted by atomic mass is 35.5. The van der Waals surface area contributed by atoms with Crippen molar-refractivity contribution in [2.75, 3.05) is 13.7 Å². The fourth-order valence-electron chi connectivity index (χ4n) is 3.70. The first-order valence-electron chi connectivity index (χ1n) is 9.29. The molecule has 156 valence electrons. The molecule has 0 unspecified atom stereocenters. The molecule has 0 spiro atoms. The van der Waals surface area contributed by atoms with Gasteiger partial charge in [0.1, 0.15) is 0 Å². The van der Waals surface area contributed by atoms with E-state index in [4.69, 9.17) is 27.9 Å². The number of esters is 1. The summed E-state index contributed by atoms with van der Waals surface area (Å²) in [6, 6.07) is 7.25. The Morgan fingerprint density at radius 1 is 1.20 bits per heavy atom. The molecule has 0 radical (unpaired) electrons. The van der Waals surface area contributed by atoms with Gasteiger partial charge in [0.2, 0.25) is 0 Å². The second kappa shape index (κ2) is 8.54. The van der Waals surface area contributed by atoms with Crippen LogP contribution < -0.4 is 0 Å². The number of rotatable bonds is 5. The number of aromatic nitrogens is 1. The largest absolute Gasteiger partial charge is 0.465 e. The van der Waals surface area contributed by atoms with Crippen molar-refractivity contribution < 1.29 is 14.3 Å². The lowest BCUT2D eigenvalue weighted by atomic mass is 10.0. The summed E-state index contributed by atoms with van der Waals surface area (Å²) in [7, 11) is 1.30. The average Bonchev–Trinajstić information content (AvgIpc) is 3.10. The number of hydrogen-bond acceptors (Lipinski definition) is 3. The number of allylic oxidation sites excluding steroid dienone is 1.